The van der Waals surface area contributed by atoms with Gasteiger partial charge in [0.05, 0.1) is 16.4 Å². The predicted molar refractivity (Wildman–Crippen MR) is 113 cm³/mol. The smallest absolute Gasteiger partial charge is 0.235 e. The van der Waals surface area contributed by atoms with Crippen molar-refractivity contribution in [3.8, 4) is 5.75 Å². The molecule has 0 radical (unpaired) electrons. The molecule has 1 amide bonds. The third-order valence-electron chi connectivity index (χ3n) is 4.40. The van der Waals surface area contributed by atoms with Gasteiger partial charge in [0.1, 0.15) is 5.75 Å². The fourth-order valence-corrected chi connectivity index (χ4v) is 4.88. The zero-order valence-corrected chi connectivity index (χ0v) is 17.5. The molecule has 1 heterocycles. The number of methoxy groups -OCH3 is 1. The Morgan fingerprint density at radius 1 is 1.28 bits per heavy atom. The molecule has 0 fully saturated rings. The van der Waals surface area contributed by atoms with Gasteiger partial charge in [0.25, 0.3) is 0 Å². The Kier molecular flexibility index (Phi) is 6.28. The van der Waals surface area contributed by atoms with Crippen molar-refractivity contribution in [2.45, 2.75) is 31.1 Å². The second kappa shape index (κ2) is 8.45. The number of para-hydroxylation sites is 1. The third kappa shape index (κ3) is 3.97. The predicted octanol–water partition coefficient (Wildman–Crippen LogP) is 5.88. The average Bonchev–Trinajstić information content (AvgIpc) is 2.76. The van der Waals surface area contributed by atoms with Crippen LogP contribution < -0.4 is 9.64 Å². The first-order valence-electron chi connectivity index (χ1n) is 8.55. The van der Waals surface area contributed by atoms with Gasteiger partial charge in [0.15, 0.2) is 0 Å². The number of unbranched alkanes of at least 4 members (excludes halogenated alkanes) is 1. The number of benzene rings is 2. The number of nitrogens with zero attached hydrogens (tertiary/aromatic N) is 1. The summed E-state index contributed by atoms with van der Waals surface area (Å²) in [4.78, 5) is 16.4. The van der Waals surface area contributed by atoms with Crippen LogP contribution in [0.25, 0.3) is 0 Å². The number of anilines is 2. The van der Waals surface area contributed by atoms with E-state index in [4.69, 9.17) is 4.74 Å². The first kappa shape index (κ1) is 18.6. The number of carbonyl (C=O) groups is 1. The molecule has 0 aliphatic carbocycles. The Labute approximate surface area is 167 Å². The number of carbonyl (C=O) groups excluding carboxylic acids is 1. The van der Waals surface area contributed by atoms with Crippen LogP contribution in [-0.4, -0.2) is 18.8 Å². The first-order valence-corrected chi connectivity index (χ1v) is 10.6. The summed E-state index contributed by atoms with van der Waals surface area (Å²) in [5, 5.41) is 0. The molecule has 3 nitrogen and oxygen atoms in total. The highest BCUT2D eigenvalue weighted by Crippen LogP contribution is 2.44. The molecule has 0 spiro atoms. The minimum atomic E-state index is 0.0428. The summed E-state index contributed by atoms with van der Waals surface area (Å²) in [5.74, 6) is 1.92. The Morgan fingerprint density at radius 2 is 2.04 bits per heavy atom. The van der Waals surface area contributed by atoms with Crippen molar-refractivity contribution in [1.29, 1.82) is 0 Å². The molecule has 0 saturated carbocycles. The van der Waals surface area contributed by atoms with Gasteiger partial charge in [-0.3, -0.25) is 9.69 Å². The van der Waals surface area contributed by atoms with Crippen molar-refractivity contribution in [1.82, 2.24) is 0 Å². The second-order valence-corrected chi connectivity index (χ2v) is 8.34. The SMILES string of the molecule is CCCCC1CSc2cc(OC)c(I)cc2N(c2ccccc2)C1=O. The van der Waals surface area contributed by atoms with Crippen LogP contribution in [0.2, 0.25) is 0 Å². The van der Waals surface area contributed by atoms with Crippen molar-refractivity contribution in [2.75, 3.05) is 17.8 Å². The maximum absolute atomic E-state index is 13.4. The summed E-state index contributed by atoms with van der Waals surface area (Å²) >= 11 is 4.03. The van der Waals surface area contributed by atoms with Crippen LogP contribution in [0.15, 0.2) is 47.4 Å². The standard InChI is InChI=1S/C20H22INO2S/c1-3-4-8-14-13-25-19-12-18(24-2)16(21)11-17(19)22(20(14)23)15-9-6-5-7-10-15/h5-7,9-12,14H,3-4,8,13H2,1-2H3. The van der Waals surface area contributed by atoms with Gasteiger partial charge >= 0.3 is 0 Å². The number of hydrogen-bond donors (Lipinski definition) is 0. The highest BCUT2D eigenvalue weighted by Gasteiger charge is 2.32. The Balaban J connectivity index is 2.09. The molecule has 2 aromatic rings. The molecule has 1 aliphatic heterocycles. The number of rotatable bonds is 5. The molecule has 0 saturated heterocycles. The zero-order valence-electron chi connectivity index (χ0n) is 14.5. The molecule has 0 aromatic heterocycles. The van der Waals surface area contributed by atoms with E-state index in [1.165, 1.54) is 0 Å². The van der Waals surface area contributed by atoms with Crippen LogP contribution in [0.1, 0.15) is 26.2 Å². The van der Waals surface area contributed by atoms with Crippen LogP contribution >= 0.6 is 34.4 Å². The lowest BCUT2D eigenvalue weighted by molar-refractivity contribution is -0.121. The van der Waals surface area contributed by atoms with Crippen molar-refractivity contribution in [3.63, 3.8) is 0 Å². The lowest BCUT2D eigenvalue weighted by Crippen LogP contribution is -2.32. The zero-order chi connectivity index (χ0) is 17.8. The molecule has 1 unspecified atom stereocenters. The number of amides is 1. The van der Waals surface area contributed by atoms with Crippen molar-refractivity contribution in [3.05, 3.63) is 46.0 Å². The van der Waals surface area contributed by atoms with Gasteiger partial charge in [-0.2, -0.15) is 0 Å². The molecule has 1 atom stereocenters. The van der Waals surface area contributed by atoms with E-state index in [0.29, 0.717) is 0 Å². The van der Waals surface area contributed by atoms with Crippen LogP contribution in [0.3, 0.4) is 0 Å². The quantitative estimate of drug-likeness (QED) is 0.515. The molecule has 3 rings (SSSR count). The monoisotopic (exact) mass is 467 g/mol. The number of ether oxygens (including phenoxy) is 1. The van der Waals surface area contributed by atoms with Gasteiger partial charge in [0, 0.05) is 22.3 Å². The van der Waals surface area contributed by atoms with Crippen molar-refractivity contribution < 1.29 is 9.53 Å². The Hall–Kier alpha value is -1.21. The Morgan fingerprint density at radius 3 is 2.72 bits per heavy atom. The molecule has 5 heteroatoms. The van der Waals surface area contributed by atoms with E-state index in [0.717, 1.165) is 50.6 Å². The molecule has 0 N–H and O–H groups in total. The number of fused-ring (bicyclic) bond motifs is 1. The van der Waals surface area contributed by atoms with E-state index < -0.39 is 0 Å². The van der Waals surface area contributed by atoms with Crippen molar-refractivity contribution >= 4 is 51.6 Å². The second-order valence-electron chi connectivity index (χ2n) is 6.11. The summed E-state index contributed by atoms with van der Waals surface area (Å²) < 4.78 is 6.50. The number of thioether (sulfide) groups is 1. The van der Waals surface area contributed by atoms with E-state index in [-0.39, 0.29) is 11.8 Å². The topological polar surface area (TPSA) is 29.5 Å². The van der Waals surface area contributed by atoms with E-state index >= 15 is 0 Å². The highest BCUT2D eigenvalue weighted by atomic mass is 127. The largest absolute Gasteiger partial charge is 0.496 e. The molecular formula is C20H22INO2S. The summed E-state index contributed by atoms with van der Waals surface area (Å²) in [7, 11) is 1.69. The van der Waals surface area contributed by atoms with Gasteiger partial charge in [-0.25, -0.2) is 0 Å². The number of hydrogen-bond acceptors (Lipinski definition) is 3. The molecule has 2 aromatic carbocycles. The maximum Gasteiger partial charge on any atom is 0.235 e. The minimum absolute atomic E-state index is 0.0428. The van der Waals surface area contributed by atoms with Gasteiger partial charge in [-0.1, -0.05) is 38.0 Å². The minimum Gasteiger partial charge on any atom is -0.496 e. The molecular weight excluding hydrogens is 445 g/mol. The van der Waals surface area contributed by atoms with E-state index in [1.54, 1.807) is 18.9 Å². The van der Waals surface area contributed by atoms with E-state index in [9.17, 15) is 4.79 Å². The first-order chi connectivity index (χ1) is 12.2. The number of halogens is 1. The summed E-state index contributed by atoms with van der Waals surface area (Å²) in [5.41, 5.74) is 1.89. The average molecular weight is 467 g/mol. The summed E-state index contributed by atoms with van der Waals surface area (Å²) in [6, 6.07) is 14.1. The van der Waals surface area contributed by atoms with Gasteiger partial charge in [-0.05, 0) is 53.3 Å². The van der Waals surface area contributed by atoms with Crippen molar-refractivity contribution in [2.24, 2.45) is 5.92 Å². The van der Waals surface area contributed by atoms with Gasteiger partial charge < -0.3 is 4.74 Å². The summed E-state index contributed by atoms with van der Waals surface area (Å²) in [6.45, 7) is 2.17. The molecule has 25 heavy (non-hydrogen) atoms. The highest BCUT2D eigenvalue weighted by molar-refractivity contribution is 14.1. The van der Waals surface area contributed by atoms with Crippen LogP contribution in [0.4, 0.5) is 11.4 Å². The van der Waals surface area contributed by atoms with E-state index in [2.05, 4.69) is 41.6 Å². The van der Waals surface area contributed by atoms with Crippen LogP contribution in [-0.2, 0) is 4.79 Å². The third-order valence-corrected chi connectivity index (χ3v) is 6.45. The van der Waals surface area contributed by atoms with Crippen LogP contribution in [0, 0.1) is 9.49 Å². The molecule has 0 bridgehead atoms. The lowest BCUT2D eigenvalue weighted by atomic mass is 10.0. The molecule has 132 valence electrons. The van der Waals surface area contributed by atoms with Crippen LogP contribution in [0.5, 0.6) is 5.75 Å². The maximum atomic E-state index is 13.4. The molecule has 1 aliphatic rings. The lowest BCUT2D eigenvalue weighted by Gasteiger charge is -2.26. The normalized spacial score (nSPS) is 17.2. The van der Waals surface area contributed by atoms with E-state index in [1.807, 2.05) is 35.2 Å². The van der Waals surface area contributed by atoms with Gasteiger partial charge in [-0.15, -0.1) is 11.8 Å². The fraction of sp³-hybridized carbons (Fsp3) is 0.350. The van der Waals surface area contributed by atoms with Gasteiger partial charge in [0.2, 0.25) is 5.91 Å². The fourth-order valence-electron chi connectivity index (χ4n) is 3.03. The summed E-state index contributed by atoms with van der Waals surface area (Å²) in [6.07, 6.45) is 3.13. The Bertz CT molecular complexity index is 751.